The van der Waals surface area contributed by atoms with E-state index in [1.807, 2.05) is 38.2 Å². The molecule has 1 unspecified atom stereocenters. The highest BCUT2D eigenvalue weighted by Crippen LogP contribution is 2.32. The van der Waals surface area contributed by atoms with E-state index in [0.717, 1.165) is 36.2 Å². The molecule has 0 radical (unpaired) electrons. The van der Waals surface area contributed by atoms with Crippen LogP contribution in [-0.2, 0) is 19.1 Å². The molecule has 7 nitrogen and oxygen atoms in total. The van der Waals surface area contributed by atoms with Crippen LogP contribution in [0.3, 0.4) is 0 Å². The number of carbonyl (C=O) groups excluding carboxylic acids is 2. The zero-order valence-corrected chi connectivity index (χ0v) is 17.8. The molecule has 1 fully saturated rings. The summed E-state index contributed by atoms with van der Waals surface area (Å²) < 4.78 is 10.3. The molecule has 0 spiro atoms. The quantitative estimate of drug-likeness (QED) is 0.401. The van der Waals surface area contributed by atoms with Crippen molar-refractivity contribution in [1.82, 2.24) is 10.2 Å². The highest BCUT2D eigenvalue weighted by molar-refractivity contribution is 7.80. The number of thiocarbonyl (C=S) groups is 1. The van der Waals surface area contributed by atoms with Crippen molar-refractivity contribution in [2.45, 2.75) is 32.2 Å². The van der Waals surface area contributed by atoms with Crippen molar-refractivity contribution >= 4 is 34.9 Å². The van der Waals surface area contributed by atoms with E-state index in [0.29, 0.717) is 17.3 Å². The van der Waals surface area contributed by atoms with Crippen molar-refractivity contribution in [2.24, 2.45) is 5.92 Å². The van der Waals surface area contributed by atoms with Crippen molar-refractivity contribution in [2.75, 3.05) is 32.7 Å². The fourth-order valence-corrected chi connectivity index (χ4v) is 3.57. The summed E-state index contributed by atoms with van der Waals surface area (Å²) in [4.78, 5) is 26.6. The first kappa shape index (κ1) is 21.3. The first-order valence-corrected chi connectivity index (χ1v) is 10.1. The number of anilines is 1. The predicted octanol–water partition coefficient (Wildman–Crippen LogP) is 2.75. The molecular weight excluding hydrogens is 390 g/mol. The molecule has 1 atom stereocenters. The second kappa shape index (κ2) is 9.37. The van der Waals surface area contributed by atoms with E-state index in [9.17, 15) is 9.59 Å². The smallest absolute Gasteiger partial charge is 0.338 e. The Kier molecular flexibility index (Phi) is 6.87. The van der Waals surface area contributed by atoms with E-state index in [-0.39, 0.29) is 18.4 Å². The number of carbonyl (C=O) groups is 2. The lowest BCUT2D eigenvalue weighted by Gasteiger charge is -2.35. The number of rotatable bonds is 7. The zero-order chi connectivity index (χ0) is 21.0. The standard InChI is InChI=1S/C21H27N3O4S/c1-13-17(20(26)28-12-11-27-3)18(23-21(29)24(13)2)14-7-9-16(10-8-14)22-19(25)15-5-4-6-15/h7-10,15,18H,4-6,11-12H2,1-3H3,(H,22,25)(H,23,29). The highest BCUT2D eigenvalue weighted by Gasteiger charge is 2.33. The fourth-order valence-electron chi connectivity index (χ4n) is 3.32. The second-order valence-electron chi connectivity index (χ2n) is 7.31. The predicted molar refractivity (Wildman–Crippen MR) is 114 cm³/mol. The Morgan fingerprint density at radius 2 is 1.93 bits per heavy atom. The van der Waals surface area contributed by atoms with Gasteiger partial charge in [0, 0.05) is 31.5 Å². The van der Waals surface area contributed by atoms with Gasteiger partial charge in [-0.05, 0) is 49.7 Å². The molecule has 0 saturated heterocycles. The van der Waals surface area contributed by atoms with E-state index in [1.54, 1.807) is 12.0 Å². The van der Waals surface area contributed by atoms with Crippen LogP contribution in [0.1, 0.15) is 37.8 Å². The lowest BCUT2D eigenvalue weighted by atomic mass is 9.85. The van der Waals surface area contributed by atoms with Crippen LogP contribution in [0.2, 0.25) is 0 Å². The third-order valence-electron chi connectivity index (χ3n) is 5.48. The van der Waals surface area contributed by atoms with Gasteiger partial charge >= 0.3 is 5.97 Å². The number of hydrogen-bond donors (Lipinski definition) is 2. The maximum absolute atomic E-state index is 12.7. The Morgan fingerprint density at radius 1 is 1.24 bits per heavy atom. The molecule has 156 valence electrons. The van der Waals surface area contributed by atoms with Gasteiger partial charge in [0.1, 0.15) is 6.61 Å². The van der Waals surface area contributed by atoms with Crippen molar-refractivity contribution in [3.63, 3.8) is 0 Å². The monoisotopic (exact) mass is 417 g/mol. The Bertz CT molecular complexity index is 818. The van der Waals surface area contributed by atoms with E-state index in [2.05, 4.69) is 10.6 Å². The van der Waals surface area contributed by atoms with Crippen LogP contribution in [0.25, 0.3) is 0 Å². The molecule has 8 heteroatoms. The first-order valence-electron chi connectivity index (χ1n) is 9.74. The van der Waals surface area contributed by atoms with Gasteiger partial charge in [-0.2, -0.15) is 0 Å². The van der Waals surface area contributed by atoms with E-state index < -0.39 is 12.0 Å². The highest BCUT2D eigenvalue weighted by atomic mass is 32.1. The van der Waals surface area contributed by atoms with Crippen LogP contribution >= 0.6 is 12.2 Å². The minimum Gasteiger partial charge on any atom is -0.460 e. The molecule has 29 heavy (non-hydrogen) atoms. The minimum atomic E-state index is -0.426. The summed E-state index contributed by atoms with van der Waals surface area (Å²) in [6, 6.07) is 7.04. The van der Waals surface area contributed by atoms with Crippen LogP contribution in [0.4, 0.5) is 5.69 Å². The van der Waals surface area contributed by atoms with Gasteiger partial charge in [0.15, 0.2) is 5.11 Å². The largest absolute Gasteiger partial charge is 0.460 e. The molecule has 1 aliphatic carbocycles. The third-order valence-corrected chi connectivity index (χ3v) is 5.87. The number of hydrogen-bond acceptors (Lipinski definition) is 5. The fraction of sp³-hybridized carbons (Fsp3) is 0.476. The number of esters is 1. The molecule has 0 bridgehead atoms. The molecule has 1 aromatic carbocycles. The van der Waals surface area contributed by atoms with Crippen molar-refractivity contribution in [3.8, 4) is 0 Å². The topological polar surface area (TPSA) is 79.9 Å². The zero-order valence-electron chi connectivity index (χ0n) is 17.0. The summed E-state index contributed by atoms with van der Waals surface area (Å²) >= 11 is 5.41. The van der Waals surface area contributed by atoms with Gasteiger partial charge in [0.05, 0.1) is 18.2 Å². The number of ether oxygens (including phenoxy) is 2. The van der Waals surface area contributed by atoms with Crippen molar-refractivity contribution in [1.29, 1.82) is 0 Å². The number of benzene rings is 1. The Morgan fingerprint density at radius 3 is 2.52 bits per heavy atom. The number of allylic oxidation sites excluding steroid dienone is 1. The van der Waals surface area contributed by atoms with Gasteiger partial charge < -0.3 is 25.0 Å². The Labute approximate surface area is 176 Å². The first-order chi connectivity index (χ1) is 13.9. The molecule has 1 amide bonds. The molecule has 2 N–H and O–H groups in total. The molecule has 1 aromatic rings. The lowest BCUT2D eigenvalue weighted by molar-refractivity contribution is -0.140. The summed E-state index contributed by atoms with van der Waals surface area (Å²) in [5.74, 6) is -0.212. The van der Waals surface area contributed by atoms with Gasteiger partial charge in [0.25, 0.3) is 0 Å². The molecule has 2 aliphatic rings. The maximum Gasteiger partial charge on any atom is 0.338 e. The van der Waals surface area contributed by atoms with E-state index in [4.69, 9.17) is 21.7 Å². The average Bonchev–Trinajstić information content (AvgIpc) is 2.65. The molecule has 1 saturated carbocycles. The van der Waals surface area contributed by atoms with Gasteiger partial charge in [-0.1, -0.05) is 18.6 Å². The summed E-state index contributed by atoms with van der Waals surface area (Å²) in [5, 5.41) is 6.70. The van der Waals surface area contributed by atoms with Crippen LogP contribution < -0.4 is 10.6 Å². The van der Waals surface area contributed by atoms with Crippen LogP contribution in [0.15, 0.2) is 35.5 Å². The summed E-state index contributed by atoms with van der Waals surface area (Å²) in [6.45, 7) is 2.36. The van der Waals surface area contributed by atoms with Crippen LogP contribution in [-0.4, -0.2) is 49.3 Å². The number of nitrogens with zero attached hydrogens (tertiary/aromatic N) is 1. The van der Waals surface area contributed by atoms with Crippen molar-refractivity contribution < 1.29 is 19.1 Å². The summed E-state index contributed by atoms with van der Waals surface area (Å²) in [5.41, 5.74) is 2.85. The molecule has 3 rings (SSSR count). The SMILES string of the molecule is COCCOC(=O)C1=C(C)N(C)C(=S)NC1c1ccc(NC(=O)C2CCC2)cc1. The number of nitrogens with one attached hydrogen (secondary N) is 2. The number of methoxy groups -OCH3 is 1. The number of amides is 1. The van der Waals surface area contributed by atoms with Gasteiger partial charge in [-0.3, -0.25) is 4.79 Å². The third kappa shape index (κ3) is 4.76. The van der Waals surface area contributed by atoms with Crippen molar-refractivity contribution in [3.05, 3.63) is 41.1 Å². The Balaban J connectivity index is 1.79. The molecular formula is C21H27N3O4S. The van der Waals surface area contributed by atoms with E-state index in [1.165, 1.54) is 0 Å². The Hall–Kier alpha value is -2.45. The summed E-state index contributed by atoms with van der Waals surface area (Å²) in [6.07, 6.45) is 3.03. The molecule has 0 aromatic heterocycles. The normalized spacial score (nSPS) is 19.5. The summed E-state index contributed by atoms with van der Waals surface area (Å²) in [7, 11) is 3.36. The minimum absolute atomic E-state index is 0.0701. The average molecular weight is 418 g/mol. The van der Waals surface area contributed by atoms with Gasteiger partial charge in [0.2, 0.25) is 5.91 Å². The van der Waals surface area contributed by atoms with Gasteiger partial charge in [-0.25, -0.2) is 4.79 Å². The lowest BCUT2D eigenvalue weighted by Crippen LogP contribution is -2.46. The van der Waals surface area contributed by atoms with E-state index >= 15 is 0 Å². The van der Waals surface area contributed by atoms with Crippen LogP contribution in [0, 0.1) is 5.92 Å². The van der Waals surface area contributed by atoms with Crippen LogP contribution in [0.5, 0.6) is 0 Å². The molecule has 1 heterocycles. The maximum atomic E-state index is 12.7. The molecule has 1 aliphatic heterocycles. The van der Waals surface area contributed by atoms with Gasteiger partial charge in [-0.15, -0.1) is 0 Å². The second-order valence-corrected chi connectivity index (χ2v) is 7.70.